The van der Waals surface area contributed by atoms with Crippen molar-refractivity contribution in [1.82, 2.24) is 4.90 Å². The second-order valence-corrected chi connectivity index (χ2v) is 7.93. The number of Topliss-reactive ketones (excluding diaryl/α,β-unsaturated/α-hetero) is 1. The Morgan fingerprint density at radius 1 is 1.35 bits per heavy atom. The highest BCUT2D eigenvalue weighted by atomic mass is 35.5. The molecule has 0 spiro atoms. The fourth-order valence-electron chi connectivity index (χ4n) is 2.73. The number of ketones is 1. The second-order valence-electron chi connectivity index (χ2n) is 7.52. The molecule has 7 heteroatoms. The molecular weight excluding hydrogens is 361 g/mol. The second kappa shape index (κ2) is 8.71. The van der Waals surface area contributed by atoms with E-state index in [-0.39, 0.29) is 35.2 Å². The van der Waals surface area contributed by atoms with Crippen LogP contribution in [0.25, 0.3) is 0 Å². The first-order chi connectivity index (χ1) is 12.1. The number of hydrogen-bond acceptors (Lipinski definition) is 4. The van der Waals surface area contributed by atoms with Crippen LogP contribution in [0.4, 0.5) is 9.18 Å². The van der Waals surface area contributed by atoms with E-state index in [9.17, 15) is 14.0 Å². The Kier molecular flexibility index (Phi) is 6.87. The summed E-state index contributed by atoms with van der Waals surface area (Å²) in [6.45, 7) is 6.65. The van der Waals surface area contributed by atoms with Gasteiger partial charge in [0, 0.05) is 25.6 Å². The molecule has 1 aliphatic heterocycles. The van der Waals surface area contributed by atoms with Gasteiger partial charge in [-0.2, -0.15) is 0 Å². The Hall–Kier alpha value is -1.82. The van der Waals surface area contributed by atoms with Crippen LogP contribution in [0.3, 0.4) is 0 Å². The molecule has 26 heavy (non-hydrogen) atoms. The van der Waals surface area contributed by atoms with Gasteiger partial charge in [0.15, 0.2) is 5.78 Å². The van der Waals surface area contributed by atoms with Crippen molar-refractivity contribution in [1.29, 1.82) is 0 Å². The van der Waals surface area contributed by atoms with Gasteiger partial charge in [0.2, 0.25) is 0 Å². The summed E-state index contributed by atoms with van der Waals surface area (Å²) in [5.74, 6) is -0.0856. The molecule has 1 heterocycles. The summed E-state index contributed by atoms with van der Waals surface area (Å²) in [4.78, 5) is 25.7. The van der Waals surface area contributed by atoms with E-state index in [1.807, 2.05) is 20.8 Å². The standard InChI is InChI=1S/C19H25ClFNO4/c1-19(2,3)26-18(24)22-9-8-13(11-22)4-5-14(23)12-25-15-6-7-16(20)17(21)10-15/h6-7,10,13H,4-5,8-9,11-12H2,1-3H3. The minimum absolute atomic E-state index is 0.0134. The van der Waals surface area contributed by atoms with Gasteiger partial charge < -0.3 is 14.4 Å². The molecule has 0 bridgehead atoms. The average Bonchev–Trinajstić information content (AvgIpc) is 3.01. The van der Waals surface area contributed by atoms with Gasteiger partial charge in [-0.05, 0) is 51.7 Å². The molecule has 144 valence electrons. The van der Waals surface area contributed by atoms with Crippen LogP contribution in [-0.2, 0) is 9.53 Å². The maximum absolute atomic E-state index is 13.3. The summed E-state index contributed by atoms with van der Waals surface area (Å²) < 4.78 is 24.0. The molecule has 1 saturated heterocycles. The van der Waals surface area contributed by atoms with Crippen molar-refractivity contribution in [3.8, 4) is 5.75 Å². The first kappa shape index (κ1) is 20.5. The number of likely N-dealkylation sites (tertiary alicyclic amines) is 1. The van der Waals surface area contributed by atoms with E-state index < -0.39 is 11.4 Å². The molecular formula is C19H25ClFNO4. The van der Waals surface area contributed by atoms with Crippen molar-refractivity contribution in [2.24, 2.45) is 5.92 Å². The highest BCUT2D eigenvalue weighted by molar-refractivity contribution is 6.30. The Labute approximate surface area is 158 Å². The van der Waals surface area contributed by atoms with Crippen LogP contribution >= 0.6 is 11.6 Å². The largest absolute Gasteiger partial charge is 0.486 e. The Balaban J connectivity index is 1.69. The van der Waals surface area contributed by atoms with Crippen molar-refractivity contribution < 1.29 is 23.5 Å². The van der Waals surface area contributed by atoms with Crippen molar-refractivity contribution in [3.05, 3.63) is 29.0 Å². The van der Waals surface area contributed by atoms with Crippen LogP contribution < -0.4 is 4.74 Å². The molecule has 0 radical (unpaired) electrons. The predicted molar refractivity (Wildman–Crippen MR) is 97.1 cm³/mol. The fourth-order valence-corrected chi connectivity index (χ4v) is 2.85. The highest BCUT2D eigenvalue weighted by Crippen LogP contribution is 2.24. The number of amides is 1. The lowest BCUT2D eigenvalue weighted by molar-refractivity contribution is -0.121. The topological polar surface area (TPSA) is 55.8 Å². The molecule has 1 aromatic carbocycles. The predicted octanol–water partition coefficient (Wildman–Crippen LogP) is 4.46. The van der Waals surface area contributed by atoms with Crippen LogP contribution in [0.15, 0.2) is 18.2 Å². The summed E-state index contributed by atoms with van der Waals surface area (Å²) in [6, 6.07) is 4.07. The molecule has 1 atom stereocenters. The molecule has 1 aliphatic rings. The van der Waals surface area contributed by atoms with E-state index in [2.05, 4.69) is 0 Å². The van der Waals surface area contributed by atoms with Gasteiger partial charge in [0.25, 0.3) is 0 Å². The number of ether oxygens (including phenoxy) is 2. The molecule has 2 rings (SSSR count). The van der Waals surface area contributed by atoms with Gasteiger partial charge in [-0.15, -0.1) is 0 Å². The van der Waals surface area contributed by atoms with Crippen LogP contribution in [0.2, 0.25) is 5.02 Å². The van der Waals surface area contributed by atoms with E-state index >= 15 is 0 Å². The van der Waals surface area contributed by atoms with Crippen LogP contribution in [0.5, 0.6) is 5.75 Å². The molecule has 1 aromatic rings. The number of carbonyl (C=O) groups is 2. The molecule has 0 N–H and O–H groups in total. The molecule has 0 aromatic heterocycles. The number of carbonyl (C=O) groups excluding carboxylic acids is 2. The molecule has 0 aliphatic carbocycles. The maximum Gasteiger partial charge on any atom is 0.410 e. The molecule has 5 nitrogen and oxygen atoms in total. The minimum Gasteiger partial charge on any atom is -0.486 e. The van der Waals surface area contributed by atoms with Crippen molar-refractivity contribution >= 4 is 23.5 Å². The minimum atomic E-state index is -0.579. The molecule has 0 saturated carbocycles. The van der Waals surface area contributed by atoms with Crippen LogP contribution in [0.1, 0.15) is 40.0 Å². The summed E-state index contributed by atoms with van der Waals surface area (Å²) in [7, 11) is 0. The average molecular weight is 386 g/mol. The van der Waals surface area contributed by atoms with Crippen molar-refractivity contribution in [2.75, 3.05) is 19.7 Å². The van der Waals surface area contributed by atoms with E-state index in [0.717, 1.165) is 12.5 Å². The zero-order valence-electron chi connectivity index (χ0n) is 15.4. The first-order valence-corrected chi connectivity index (χ1v) is 9.09. The van der Waals surface area contributed by atoms with E-state index in [4.69, 9.17) is 21.1 Å². The first-order valence-electron chi connectivity index (χ1n) is 8.71. The van der Waals surface area contributed by atoms with Gasteiger partial charge in [-0.1, -0.05) is 11.6 Å². The summed E-state index contributed by atoms with van der Waals surface area (Å²) >= 11 is 5.60. The number of nitrogens with zero attached hydrogens (tertiary/aromatic N) is 1. The van der Waals surface area contributed by atoms with Gasteiger partial charge in [-0.25, -0.2) is 9.18 Å². The van der Waals surface area contributed by atoms with E-state index in [0.29, 0.717) is 25.9 Å². The SMILES string of the molecule is CC(C)(C)OC(=O)N1CCC(CCC(=O)COc2ccc(Cl)c(F)c2)C1. The van der Waals surface area contributed by atoms with Crippen LogP contribution in [0, 0.1) is 11.7 Å². The molecule has 1 amide bonds. The number of benzene rings is 1. The van der Waals surface area contributed by atoms with Gasteiger partial charge >= 0.3 is 6.09 Å². The number of hydrogen-bond donors (Lipinski definition) is 0. The maximum atomic E-state index is 13.3. The van der Waals surface area contributed by atoms with Gasteiger partial charge in [0.1, 0.15) is 23.8 Å². The number of halogens is 2. The normalized spacial score (nSPS) is 17.3. The monoisotopic (exact) mass is 385 g/mol. The Morgan fingerprint density at radius 3 is 2.73 bits per heavy atom. The zero-order chi connectivity index (χ0) is 19.3. The van der Waals surface area contributed by atoms with Crippen molar-refractivity contribution in [3.63, 3.8) is 0 Å². The highest BCUT2D eigenvalue weighted by Gasteiger charge is 2.29. The lowest BCUT2D eigenvalue weighted by Crippen LogP contribution is -2.35. The number of rotatable bonds is 6. The van der Waals surface area contributed by atoms with E-state index in [1.165, 1.54) is 12.1 Å². The fraction of sp³-hybridized carbons (Fsp3) is 0.579. The van der Waals surface area contributed by atoms with Gasteiger partial charge in [0.05, 0.1) is 5.02 Å². The lowest BCUT2D eigenvalue weighted by atomic mass is 10.0. The zero-order valence-corrected chi connectivity index (χ0v) is 16.1. The quantitative estimate of drug-likeness (QED) is 0.725. The third-order valence-corrected chi connectivity index (χ3v) is 4.37. The molecule has 1 unspecified atom stereocenters. The lowest BCUT2D eigenvalue weighted by Gasteiger charge is -2.24. The smallest absolute Gasteiger partial charge is 0.410 e. The summed E-state index contributed by atoms with van der Waals surface area (Å²) in [5.41, 5.74) is -0.510. The van der Waals surface area contributed by atoms with Crippen LogP contribution in [-0.4, -0.2) is 42.1 Å². The third kappa shape index (κ3) is 6.48. The third-order valence-electron chi connectivity index (χ3n) is 4.06. The summed E-state index contributed by atoms with van der Waals surface area (Å²) in [5, 5.41) is 0.0134. The Bertz CT molecular complexity index is 659. The molecule has 1 fully saturated rings. The Morgan fingerprint density at radius 2 is 2.08 bits per heavy atom. The van der Waals surface area contributed by atoms with Crippen molar-refractivity contribution in [2.45, 2.75) is 45.6 Å². The van der Waals surface area contributed by atoms with E-state index in [1.54, 1.807) is 4.90 Å². The summed E-state index contributed by atoms with van der Waals surface area (Å²) in [6.07, 6.45) is 1.61. The van der Waals surface area contributed by atoms with Gasteiger partial charge in [-0.3, -0.25) is 4.79 Å².